The first-order valence-electron chi connectivity index (χ1n) is 9.94. The van der Waals surface area contributed by atoms with Crippen LogP contribution >= 0.6 is 24.8 Å². The molecule has 168 valence electrons. The maximum Gasteiger partial charge on any atom is 0.404 e. The number of piperazine rings is 1. The molecule has 2 N–H and O–H groups in total. The van der Waals surface area contributed by atoms with E-state index in [0.717, 1.165) is 65.0 Å². The van der Waals surface area contributed by atoms with Crippen molar-refractivity contribution in [1.29, 1.82) is 0 Å². The zero-order chi connectivity index (χ0) is 19.1. The van der Waals surface area contributed by atoms with Gasteiger partial charge < -0.3 is 25.0 Å². The summed E-state index contributed by atoms with van der Waals surface area (Å²) >= 11 is 0. The Labute approximate surface area is 184 Å². The minimum absolute atomic E-state index is 0. The summed E-state index contributed by atoms with van der Waals surface area (Å²) in [5.74, 6) is -2.65. The van der Waals surface area contributed by atoms with Crippen molar-refractivity contribution in [2.75, 3.05) is 59.0 Å². The number of nitrogens with zero attached hydrogens (tertiary/aromatic N) is 2. The van der Waals surface area contributed by atoms with Crippen LogP contribution in [0.4, 0.5) is 0 Å². The van der Waals surface area contributed by atoms with Gasteiger partial charge in [0.2, 0.25) is 0 Å². The topological polar surface area (TPSA) is 100 Å². The van der Waals surface area contributed by atoms with Crippen LogP contribution in [0.15, 0.2) is 0 Å². The predicted molar refractivity (Wildman–Crippen MR) is 111 cm³/mol. The molecule has 1 amide bonds. The smallest absolute Gasteiger partial charge is 0.384 e. The number of piperidine rings is 2. The lowest BCUT2D eigenvalue weighted by Crippen LogP contribution is -2.55. The van der Waals surface area contributed by atoms with Gasteiger partial charge in [0.05, 0.1) is 6.10 Å². The summed E-state index contributed by atoms with van der Waals surface area (Å²) in [7, 11) is 0. The van der Waals surface area contributed by atoms with Crippen LogP contribution in [0.5, 0.6) is 0 Å². The molecule has 0 aliphatic carbocycles. The molecule has 0 saturated carbocycles. The molecule has 9 nitrogen and oxygen atoms in total. The molecule has 3 fully saturated rings. The number of esters is 2. The summed E-state index contributed by atoms with van der Waals surface area (Å²) < 4.78 is 10.1. The summed E-state index contributed by atoms with van der Waals surface area (Å²) in [5.41, 5.74) is 0. The van der Waals surface area contributed by atoms with Crippen molar-refractivity contribution in [3.05, 3.63) is 0 Å². The van der Waals surface area contributed by atoms with Gasteiger partial charge in [0.25, 0.3) is 0 Å². The first-order chi connectivity index (χ1) is 13.1. The molecule has 11 heteroatoms. The van der Waals surface area contributed by atoms with Gasteiger partial charge in [0.15, 0.2) is 0 Å². The number of rotatable bonds is 4. The Bertz CT molecular complexity index is 534. The first-order valence-corrected chi connectivity index (χ1v) is 9.94. The third kappa shape index (κ3) is 7.99. The number of carbonyl (C=O) groups excluding carboxylic acids is 3. The summed E-state index contributed by atoms with van der Waals surface area (Å²) in [4.78, 5) is 39.8. The second-order valence-corrected chi connectivity index (χ2v) is 7.33. The number of hydrogen-bond donors (Lipinski definition) is 2. The van der Waals surface area contributed by atoms with Crippen molar-refractivity contribution in [2.24, 2.45) is 0 Å². The van der Waals surface area contributed by atoms with E-state index in [-0.39, 0.29) is 37.5 Å². The average Bonchev–Trinajstić information content (AvgIpc) is 2.73. The SMILES string of the molecule is Cl.Cl.O=C(COC1CCNCC1)OC(=O)C(=O)N1CCN(C2CCNCC2)CC1. The molecular formula is C18H32Cl2N4O5. The van der Waals surface area contributed by atoms with Gasteiger partial charge in [-0.3, -0.25) is 9.69 Å². The Morgan fingerprint density at radius 1 is 0.828 bits per heavy atom. The third-order valence-electron chi connectivity index (χ3n) is 5.53. The molecule has 0 aromatic carbocycles. The first kappa shape index (κ1) is 26.1. The van der Waals surface area contributed by atoms with Crippen LogP contribution in [-0.4, -0.2) is 98.8 Å². The van der Waals surface area contributed by atoms with E-state index < -0.39 is 17.8 Å². The zero-order valence-corrected chi connectivity index (χ0v) is 18.2. The quantitative estimate of drug-likeness (QED) is 0.335. The Morgan fingerprint density at radius 3 is 1.97 bits per heavy atom. The lowest BCUT2D eigenvalue weighted by molar-refractivity contribution is -0.171. The Hall–Kier alpha value is -0.970. The Morgan fingerprint density at radius 2 is 1.38 bits per heavy atom. The molecule has 29 heavy (non-hydrogen) atoms. The molecule has 0 unspecified atom stereocenters. The van der Waals surface area contributed by atoms with Gasteiger partial charge in [-0.1, -0.05) is 0 Å². The number of carbonyl (C=O) groups is 3. The maximum absolute atomic E-state index is 12.2. The lowest BCUT2D eigenvalue weighted by Gasteiger charge is -2.40. The van der Waals surface area contributed by atoms with E-state index in [2.05, 4.69) is 20.3 Å². The molecular weight excluding hydrogens is 423 g/mol. The van der Waals surface area contributed by atoms with Gasteiger partial charge >= 0.3 is 17.8 Å². The molecule has 3 aliphatic rings. The zero-order valence-electron chi connectivity index (χ0n) is 16.6. The monoisotopic (exact) mass is 454 g/mol. The van der Waals surface area contributed by atoms with Crippen LogP contribution in [0.1, 0.15) is 25.7 Å². The van der Waals surface area contributed by atoms with E-state index in [0.29, 0.717) is 19.1 Å². The van der Waals surface area contributed by atoms with Crippen molar-refractivity contribution in [3.8, 4) is 0 Å². The van der Waals surface area contributed by atoms with Crippen molar-refractivity contribution >= 4 is 42.7 Å². The molecule has 3 saturated heterocycles. The van der Waals surface area contributed by atoms with E-state index >= 15 is 0 Å². The van der Waals surface area contributed by atoms with Crippen molar-refractivity contribution < 1.29 is 23.9 Å². The Balaban J connectivity index is 0.00000210. The largest absolute Gasteiger partial charge is 0.404 e. The van der Waals surface area contributed by atoms with E-state index in [9.17, 15) is 14.4 Å². The highest BCUT2D eigenvalue weighted by Crippen LogP contribution is 2.14. The van der Waals surface area contributed by atoms with E-state index in [4.69, 9.17) is 4.74 Å². The van der Waals surface area contributed by atoms with E-state index in [1.807, 2.05) is 0 Å². The Kier molecular flexibility index (Phi) is 12.0. The van der Waals surface area contributed by atoms with Crippen LogP contribution in [-0.2, 0) is 23.9 Å². The summed E-state index contributed by atoms with van der Waals surface area (Å²) in [6.45, 7) is 5.91. The second kappa shape index (κ2) is 13.4. The van der Waals surface area contributed by atoms with Crippen LogP contribution in [0.3, 0.4) is 0 Å². The van der Waals surface area contributed by atoms with Crippen molar-refractivity contribution in [3.63, 3.8) is 0 Å². The van der Waals surface area contributed by atoms with E-state index in [1.165, 1.54) is 4.90 Å². The summed E-state index contributed by atoms with van der Waals surface area (Å²) in [6, 6.07) is 0.546. The summed E-state index contributed by atoms with van der Waals surface area (Å²) in [6.07, 6.45) is 3.86. The molecule has 0 aromatic rings. The molecule has 3 heterocycles. The van der Waals surface area contributed by atoms with Gasteiger partial charge in [0.1, 0.15) is 6.61 Å². The molecule has 3 aliphatic heterocycles. The molecule has 0 radical (unpaired) electrons. The highest BCUT2D eigenvalue weighted by atomic mass is 35.5. The van der Waals surface area contributed by atoms with Gasteiger partial charge in [0, 0.05) is 32.2 Å². The van der Waals surface area contributed by atoms with Crippen LogP contribution in [0.2, 0.25) is 0 Å². The molecule has 3 rings (SSSR count). The van der Waals surface area contributed by atoms with E-state index in [1.54, 1.807) is 0 Å². The predicted octanol–water partition coefficient (Wildman–Crippen LogP) is -0.435. The minimum Gasteiger partial charge on any atom is -0.384 e. The molecule has 0 spiro atoms. The van der Waals surface area contributed by atoms with Gasteiger partial charge in [-0.25, -0.2) is 9.59 Å². The van der Waals surface area contributed by atoms with Crippen molar-refractivity contribution in [1.82, 2.24) is 20.4 Å². The number of ether oxygens (including phenoxy) is 2. The fourth-order valence-corrected chi connectivity index (χ4v) is 3.92. The fraction of sp³-hybridized carbons (Fsp3) is 0.833. The fourth-order valence-electron chi connectivity index (χ4n) is 3.92. The van der Waals surface area contributed by atoms with Gasteiger partial charge in [-0.2, -0.15) is 0 Å². The van der Waals surface area contributed by atoms with Gasteiger partial charge in [-0.15, -0.1) is 24.8 Å². The van der Waals surface area contributed by atoms with Crippen LogP contribution < -0.4 is 10.6 Å². The number of amides is 1. The summed E-state index contributed by atoms with van der Waals surface area (Å²) in [5, 5.41) is 6.55. The third-order valence-corrected chi connectivity index (χ3v) is 5.53. The molecule has 0 atom stereocenters. The van der Waals surface area contributed by atoms with Crippen molar-refractivity contribution in [2.45, 2.75) is 37.8 Å². The standard InChI is InChI=1S/C18H30N4O5.2ClH/c23-16(13-26-15-3-7-20-8-4-15)27-18(25)17(24)22-11-9-21(10-12-22)14-1-5-19-6-2-14;;/h14-15,19-20H,1-13H2;2*1H. The normalized spacial score (nSPS) is 21.6. The molecule has 0 bridgehead atoms. The molecule has 0 aromatic heterocycles. The number of nitrogens with one attached hydrogen (secondary N) is 2. The van der Waals surface area contributed by atoms with Crippen LogP contribution in [0.25, 0.3) is 0 Å². The minimum atomic E-state index is -1.11. The highest BCUT2D eigenvalue weighted by Gasteiger charge is 2.31. The second-order valence-electron chi connectivity index (χ2n) is 7.33. The lowest BCUT2D eigenvalue weighted by atomic mass is 10.0. The maximum atomic E-state index is 12.2. The number of hydrogen-bond acceptors (Lipinski definition) is 8. The highest BCUT2D eigenvalue weighted by molar-refractivity contribution is 6.34. The number of halogens is 2. The van der Waals surface area contributed by atoms with Gasteiger partial charge in [-0.05, 0) is 51.9 Å². The van der Waals surface area contributed by atoms with Crippen LogP contribution in [0, 0.1) is 0 Å². The average molecular weight is 455 g/mol.